The number of thiocarbonyl (C=S) groups is 1. The summed E-state index contributed by atoms with van der Waals surface area (Å²) >= 11 is 4.57. The first-order chi connectivity index (χ1) is 8.80. The Morgan fingerprint density at radius 1 is 1.21 bits per heavy atom. The first-order valence-corrected chi connectivity index (χ1v) is 5.42. The molecule has 19 heavy (non-hydrogen) atoms. The number of hydrogen-bond acceptors (Lipinski definition) is 2. The zero-order valence-corrected chi connectivity index (χ0v) is 10.1. The van der Waals surface area contributed by atoms with E-state index in [1.165, 1.54) is 12.1 Å². The van der Waals surface area contributed by atoms with Crippen molar-refractivity contribution >= 4 is 17.2 Å². The van der Waals surface area contributed by atoms with Crippen LogP contribution in [0.25, 0.3) is 5.69 Å². The average molecular weight is 289 g/mol. The zero-order valence-electron chi connectivity index (χ0n) is 9.28. The van der Waals surface area contributed by atoms with Gasteiger partial charge in [-0.1, -0.05) is 12.2 Å². The van der Waals surface area contributed by atoms with Gasteiger partial charge in [-0.3, -0.25) is 0 Å². The first kappa shape index (κ1) is 13.5. The van der Waals surface area contributed by atoms with Gasteiger partial charge in [0.25, 0.3) is 0 Å². The molecule has 0 aliphatic heterocycles. The third-order valence-electron chi connectivity index (χ3n) is 2.37. The van der Waals surface area contributed by atoms with Gasteiger partial charge in [0.05, 0.1) is 17.4 Å². The molecule has 3 nitrogen and oxygen atoms in total. The van der Waals surface area contributed by atoms with Crippen LogP contribution in [-0.2, 0) is 6.18 Å². The maximum absolute atomic E-state index is 13.0. The highest BCUT2D eigenvalue weighted by molar-refractivity contribution is 7.80. The smallest absolute Gasteiger partial charge is 0.389 e. The number of hydrogen-bond donors (Lipinski definition) is 1. The lowest BCUT2D eigenvalue weighted by Gasteiger charge is -2.12. The molecule has 1 heterocycles. The molecule has 0 aliphatic rings. The van der Waals surface area contributed by atoms with E-state index in [4.69, 9.17) is 5.73 Å². The van der Waals surface area contributed by atoms with Gasteiger partial charge in [0.15, 0.2) is 5.69 Å². The third-order valence-corrected chi connectivity index (χ3v) is 2.59. The molecular weight excluding hydrogens is 282 g/mol. The standard InChI is InChI=1S/C11H7F4N3S/c12-6-1-3-7(4-2-6)18-9(11(13,14)15)8(5-17-18)10(16)19/h1-5H,(H2,16,19). The molecule has 0 saturated carbocycles. The Kier molecular flexibility index (Phi) is 3.27. The van der Waals surface area contributed by atoms with E-state index in [1.54, 1.807) is 0 Å². The lowest BCUT2D eigenvalue weighted by Crippen LogP contribution is -2.20. The monoisotopic (exact) mass is 289 g/mol. The van der Waals surface area contributed by atoms with Crippen LogP contribution in [-0.4, -0.2) is 14.8 Å². The van der Waals surface area contributed by atoms with Crippen molar-refractivity contribution in [2.75, 3.05) is 0 Å². The quantitative estimate of drug-likeness (QED) is 0.683. The summed E-state index contributed by atoms with van der Waals surface area (Å²) in [5.41, 5.74) is 3.86. The van der Waals surface area contributed by atoms with Crippen molar-refractivity contribution in [2.24, 2.45) is 5.73 Å². The third kappa shape index (κ3) is 2.58. The van der Waals surface area contributed by atoms with Crippen LogP contribution in [0.5, 0.6) is 0 Å². The molecule has 0 aliphatic carbocycles. The lowest BCUT2D eigenvalue weighted by molar-refractivity contribution is -0.142. The summed E-state index contributed by atoms with van der Waals surface area (Å²) in [5.74, 6) is -0.556. The largest absolute Gasteiger partial charge is 0.434 e. The van der Waals surface area contributed by atoms with Crippen LogP contribution in [0.2, 0.25) is 0 Å². The van der Waals surface area contributed by atoms with Crippen molar-refractivity contribution in [2.45, 2.75) is 6.18 Å². The van der Waals surface area contributed by atoms with Gasteiger partial charge >= 0.3 is 6.18 Å². The van der Waals surface area contributed by atoms with Crippen molar-refractivity contribution in [1.82, 2.24) is 9.78 Å². The van der Waals surface area contributed by atoms with E-state index in [0.717, 1.165) is 18.3 Å². The first-order valence-electron chi connectivity index (χ1n) is 5.01. The molecule has 0 bridgehead atoms. The maximum Gasteiger partial charge on any atom is 0.434 e. The van der Waals surface area contributed by atoms with E-state index in [-0.39, 0.29) is 11.3 Å². The molecule has 100 valence electrons. The van der Waals surface area contributed by atoms with E-state index in [9.17, 15) is 17.6 Å². The summed E-state index contributed by atoms with van der Waals surface area (Å²) in [4.78, 5) is -0.402. The minimum atomic E-state index is -4.68. The molecule has 0 atom stereocenters. The fourth-order valence-electron chi connectivity index (χ4n) is 1.58. The number of aromatic nitrogens is 2. The molecule has 2 aromatic rings. The molecule has 2 rings (SSSR count). The van der Waals surface area contributed by atoms with Crippen molar-refractivity contribution in [3.63, 3.8) is 0 Å². The van der Waals surface area contributed by atoms with Crippen LogP contribution in [0.3, 0.4) is 0 Å². The molecular formula is C11H7F4N3S. The topological polar surface area (TPSA) is 43.8 Å². The highest BCUT2D eigenvalue weighted by atomic mass is 32.1. The lowest BCUT2D eigenvalue weighted by atomic mass is 10.2. The van der Waals surface area contributed by atoms with Crippen LogP contribution in [0.15, 0.2) is 30.5 Å². The van der Waals surface area contributed by atoms with Gasteiger partial charge in [-0.15, -0.1) is 0 Å². The fourth-order valence-corrected chi connectivity index (χ4v) is 1.73. The van der Waals surface area contributed by atoms with Gasteiger partial charge in [0.2, 0.25) is 0 Å². The van der Waals surface area contributed by atoms with Gasteiger partial charge in [0, 0.05) is 0 Å². The van der Waals surface area contributed by atoms with E-state index in [1.807, 2.05) is 0 Å². The highest BCUT2D eigenvalue weighted by Crippen LogP contribution is 2.33. The minimum absolute atomic E-state index is 0.0659. The Bertz CT molecular complexity index is 616. The van der Waals surface area contributed by atoms with Crippen molar-refractivity contribution in [1.29, 1.82) is 0 Å². The van der Waals surface area contributed by atoms with E-state index in [0.29, 0.717) is 4.68 Å². The van der Waals surface area contributed by atoms with Crippen LogP contribution in [0, 0.1) is 5.82 Å². The second-order valence-electron chi connectivity index (χ2n) is 3.66. The number of benzene rings is 1. The second kappa shape index (κ2) is 4.61. The maximum atomic E-state index is 13.0. The molecule has 1 aromatic carbocycles. The SMILES string of the molecule is NC(=S)c1cnn(-c2ccc(F)cc2)c1C(F)(F)F. The highest BCUT2D eigenvalue weighted by Gasteiger charge is 2.39. The summed E-state index contributed by atoms with van der Waals surface area (Å²) in [6.45, 7) is 0. The summed E-state index contributed by atoms with van der Waals surface area (Å²) in [6.07, 6.45) is -3.74. The fraction of sp³-hybridized carbons (Fsp3) is 0.0909. The molecule has 8 heteroatoms. The summed E-state index contributed by atoms with van der Waals surface area (Å²) < 4.78 is 52.5. The molecule has 0 radical (unpaired) electrons. The van der Waals surface area contributed by atoms with Gasteiger partial charge in [-0.2, -0.15) is 18.3 Å². The molecule has 0 fully saturated rings. The second-order valence-corrected chi connectivity index (χ2v) is 4.10. The van der Waals surface area contributed by atoms with E-state index < -0.39 is 22.7 Å². The Hall–Kier alpha value is -1.96. The summed E-state index contributed by atoms with van der Waals surface area (Å²) in [7, 11) is 0. The summed E-state index contributed by atoms with van der Waals surface area (Å²) in [6, 6.07) is 4.44. The Morgan fingerprint density at radius 3 is 2.26 bits per heavy atom. The predicted molar refractivity (Wildman–Crippen MR) is 64.4 cm³/mol. The van der Waals surface area contributed by atoms with Crippen LogP contribution in [0.4, 0.5) is 17.6 Å². The molecule has 2 N–H and O–H groups in total. The minimum Gasteiger partial charge on any atom is -0.389 e. The van der Waals surface area contributed by atoms with Gasteiger partial charge in [-0.05, 0) is 24.3 Å². The van der Waals surface area contributed by atoms with Crippen LogP contribution in [0.1, 0.15) is 11.3 Å². The van der Waals surface area contributed by atoms with Gasteiger partial charge < -0.3 is 5.73 Å². The van der Waals surface area contributed by atoms with Crippen molar-refractivity contribution in [3.05, 3.63) is 47.5 Å². The van der Waals surface area contributed by atoms with Crippen molar-refractivity contribution < 1.29 is 17.6 Å². The summed E-state index contributed by atoms with van der Waals surface area (Å²) in [5, 5.41) is 3.61. The number of nitrogens with zero attached hydrogens (tertiary/aromatic N) is 2. The normalized spacial score (nSPS) is 11.6. The van der Waals surface area contributed by atoms with Crippen LogP contribution >= 0.6 is 12.2 Å². The van der Waals surface area contributed by atoms with Gasteiger partial charge in [0.1, 0.15) is 10.8 Å². The Morgan fingerprint density at radius 2 is 1.79 bits per heavy atom. The molecule has 0 spiro atoms. The van der Waals surface area contributed by atoms with Crippen LogP contribution < -0.4 is 5.73 Å². The zero-order chi connectivity index (χ0) is 14.2. The van der Waals surface area contributed by atoms with E-state index >= 15 is 0 Å². The predicted octanol–water partition coefficient (Wildman–Crippen LogP) is 2.66. The molecule has 1 aromatic heterocycles. The van der Waals surface area contributed by atoms with E-state index in [2.05, 4.69) is 17.3 Å². The Labute approximate surface area is 110 Å². The molecule has 0 amide bonds. The van der Waals surface area contributed by atoms with Crippen molar-refractivity contribution in [3.8, 4) is 5.69 Å². The number of alkyl halides is 3. The molecule has 0 unspecified atom stereocenters. The number of halogens is 4. The number of nitrogens with two attached hydrogens (primary N) is 1. The number of rotatable bonds is 2. The van der Waals surface area contributed by atoms with Gasteiger partial charge in [-0.25, -0.2) is 9.07 Å². The Balaban J connectivity index is 2.64. The molecule has 0 saturated heterocycles. The average Bonchev–Trinajstić information content (AvgIpc) is 2.74.